The van der Waals surface area contributed by atoms with Gasteiger partial charge in [-0.1, -0.05) is 63.4 Å². The summed E-state index contributed by atoms with van der Waals surface area (Å²) in [5, 5.41) is 33.0. The van der Waals surface area contributed by atoms with Crippen LogP contribution in [0.1, 0.15) is 53.4 Å². The quantitative estimate of drug-likeness (QED) is 0.0870. The van der Waals surface area contributed by atoms with Gasteiger partial charge in [-0.3, -0.25) is 19.7 Å². The van der Waals surface area contributed by atoms with Gasteiger partial charge in [0.25, 0.3) is 0 Å². The Balaban J connectivity index is 4.66. The highest BCUT2D eigenvalue weighted by molar-refractivity contribution is 8.78. The fraction of sp³-hybridized carbons (Fsp3) is 0.800. The lowest BCUT2D eigenvalue weighted by Gasteiger charge is -2.19. The van der Waals surface area contributed by atoms with Crippen molar-refractivity contribution >= 4 is 66.8 Å². The minimum Gasteiger partial charge on any atom is -0.480 e. The van der Waals surface area contributed by atoms with E-state index in [4.69, 9.17) is 0 Å². The van der Waals surface area contributed by atoms with Crippen LogP contribution in [0, 0.1) is 5.92 Å². The number of ketones is 1. The Morgan fingerprint density at radius 3 is 1.94 bits per heavy atom. The van der Waals surface area contributed by atoms with Crippen molar-refractivity contribution < 1.29 is 34.5 Å². The topological polar surface area (TPSA) is 153 Å². The van der Waals surface area contributed by atoms with Gasteiger partial charge in [-0.05, 0) is 19.8 Å². The molecule has 33 heavy (non-hydrogen) atoms. The number of carboxylic acid groups (broad SMARTS) is 2. The molecule has 0 saturated carbocycles. The number of nitrogens with one attached hydrogen (secondary N) is 2. The largest absolute Gasteiger partial charge is 0.480 e. The van der Waals surface area contributed by atoms with E-state index in [0.29, 0.717) is 12.2 Å². The average Bonchev–Trinajstić information content (AvgIpc) is 2.70. The van der Waals surface area contributed by atoms with E-state index in [-0.39, 0.29) is 28.5 Å². The molecule has 0 heterocycles. The molecule has 5 N–H and O–H groups in total. The number of unbranched alkanes of at least 4 members (excludes halogenated alkanes) is 1. The van der Waals surface area contributed by atoms with Gasteiger partial charge >= 0.3 is 11.9 Å². The number of amides is 1. The molecular formula is C20H36N2O7S4. The highest BCUT2D eigenvalue weighted by Gasteiger charge is 2.21. The molecule has 0 aromatic carbocycles. The molecular weight excluding hydrogens is 508 g/mol. The Morgan fingerprint density at radius 1 is 0.848 bits per heavy atom. The van der Waals surface area contributed by atoms with Crippen molar-refractivity contribution in [1.29, 1.82) is 0 Å². The summed E-state index contributed by atoms with van der Waals surface area (Å²) in [5.74, 6) is -1.04. The summed E-state index contributed by atoms with van der Waals surface area (Å²) in [6.45, 7) is 6.51. The van der Waals surface area contributed by atoms with Crippen LogP contribution in [-0.2, 0) is 19.2 Å². The molecule has 0 bridgehead atoms. The molecule has 4 unspecified atom stereocenters. The second kappa shape index (κ2) is 18.7. The van der Waals surface area contributed by atoms with Crippen molar-refractivity contribution in [3.05, 3.63) is 0 Å². The van der Waals surface area contributed by atoms with Crippen molar-refractivity contribution in [2.75, 3.05) is 17.3 Å². The van der Waals surface area contributed by atoms with Crippen LogP contribution >= 0.6 is 43.2 Å². The van der Waals surface area contributed by atoms with Crippen LogP contribution in [0.5, 0.6) is 0 Å². The third-order valence-corrected chi connectivity index (χ3v) is 9.89. The van der Waals surface area contributed by atoms with E-state index in [2.05, 4.69) is 10.6 Å². The van der Waals surface area contributed by atoms with E-state index in [1.807, 2.05) is 13.8 Å². The van der Waals surface area contributed by atoms with Crippen molar-refractivity contribution in [2.24, 2.45) is 5.92 Å². The molecule has 4 atom stereocenters. The van der Waals surface area contributed by atoms with Gasteiger partial charge in [-0.2, -0.15) is 0 Å². The fourth-order valence-corrected chi connectivity index (χ4v) is 8.42. The average molecular weight is 545 g/mol. The Morgan fingerprint density at radius 2 is 1.42 bits per heavy atom. The van der Waals surface area contributed by atoms with E-state index >= 15 is 0 Å². The Labute approximate surface area is 211 Å². The maximum absolute atomic E-state index is 11.8. The number of aliphatic carboxylic acids is 2. The van der Waals surface area contributed by atoms with Crippen LogP contribution in [0.4, 0.5) is 0 Å². The molecule has 9 nitrogen and oxygen atoms in total. The molecule has 0 fully saturated rings. The highest BCUT2D eigenvalue weighted by Crippen LogP contribution is 2.35. The Kier molecular flexibility index (Phi) is 18.4. The summed E-state index contributed by atoms with van der Waals surface area (Å²) in [6.07, 6.45) is 2.11. The second-order valence-electron chi connectivity index (χ2n) is 7.76. The van der Waals surface area contributed by atoms with Crippen LogP contribution in [0.25, 0.3) is 0 Å². The van der Waals surface area contributed by atoms with Crippen LogP contribution in [-0.4, -0.2) is 79.8 Å². The van der Waals surface area contributed by atoms with Crippen molar-refractivity contribution in [3.8, 4) is 0 Å². The lowest BCUT2D eigenvalue weighted by molar-refractivity contribution is -0.141. The summed E-state index contributed by atoms with van der Waals surface area (Å²) < 4.78 is 0. The molecule has 0 aliphatic carbocycles. The van der Waals surface area contributed by atoms with Gasteiger partial charge in [-0.15, -0.1) is 0 Å². The third kappa shape index (κ3) is 17.5. The number of carboxylic acids is 2. The van der Waals surface area contributed by atoms with Crippen LogP contribution in [0.3, 0.4) is 0 Å². The van der Waals surface area contributed by atoms with E-state index in [0.717, 1.165) is 19.3 Å². The van der Waals surface area contributed by atoms with Gasteiger partial charge in [0.15, 0.2) is 0 Å². The maximum Gasteiger partial charge on any atom is 0.327 e. The molecule has 0 spiro atoms. The van der Waals surface area contributed by atoms with Crippen LogP contribution in [0.2, 0.25) is 0 Å². The van der Waals surface area contributed by atoms with Gasteiger partial charge in [0.2, 0.25) is 5.91 Å². The molecule has 0 saturated heterocycles. The van der Waals surface area contributed by atoms with Gasteiger partial charge in [0.05, 0.1) is 0 Å². The van der Waals surface area contributed by atoms with Gasteiger partial charge in [0.1, 0.15) is 24.1 Å². The zero-order chi connectivity index (χ0) is 25.4. The van der Waals surface area contributed by atoms with Crippen molar-refractivity contribution in [3.63, 3.8) is 0 Å². The molecule has 1 amide bonds. The van der Waals surface area contributed by atoms with Crippen LogP contribution < -0.4 is 10.6 Å². The Bertz CT molecular complexity index is 623. The number of hydrogen-bond donors (Lipinski definition) is 5. The SMILES string of the molecule is CC(=O)NC(CSSCC(CCCCC(=O)C(C)C)SSCC(NC(C)O)C(=O)O)C(=O)O. The minimum absolute atomic E-state index is 0.0258. The standard InChI is InChI=1S/C20H36N2O7S4/c1-12(2)18(25)8-6-5-7-15(33-32-11-17(20(28)29)22-14(4)24)9-30-31-10-16(19(26)27)21-13(3)23/h12,14-17,22,24H,5-11H2,1-4H3,(H,21,23)(H,26,27)(H,28,29). The van der Waals surface area contributed by atoms with E-state index in [1.54, 1.807) is 10.8 Å². The first-order valence-corrected chi connectivity index (χ1v) is 15.5. The first-order valence-electron chi connectivity index (χ1n) is 10.7. The molecule has 0 radical (unpaired) electrons. The molecule has 13 heteroatoms. The lowest BCUT2D eigenvalue weighted by atomic mass is 10.0. The van der Waals surface area contributed by atoms with E-state index in [1.165, 1.54) is 46.2 Å². The van der Waals surface area contributed by atoms with E-state index < -0.39 is 36.2 Å². The Hall–Kier alpha value is -0.600. The predicted octanol–water partition coefficient (Wildman–Crippen LogP) is 2.87. The molecule has 0 aromatic heterocycles. The van der Waals surface area contributed by atoms with Crippen molar-refractivity contribution in [1.82, 2.24) is 10.6 Å². The number of carbonyl (C=O) groups is 4. The molecule has 192 valence electrons. The number of carbonyl (C=O) groups excluding carboxylic acids is 2. The summed E-state index contributed by atoms with van der Waals surface area (Å²) in [5.41, 5.74) is 0. The van der Waals surface area contributed by atoms with E-state index in [9.17, 15) is 34.5 Å². The smallest absolute Gasteiger partial charge is 0.327 e. The van der Waals surface area contributed by atoms with Gasteiger partial charge < -0.3 is 20.6 Å². The number of rotatable bonds is 20. The first-order chi connectivity index (χ1) is 15.4. The predicted molar refractivity (Wildman–Crippen MR) is 139 cm³/mol. The van der Waals surface area contributed by atoms with Crippen molar-refractivity contribution in [2.45, 2.75) is 76.9 Å². The first kappa shape index (κ1) is 32.4. The summed E-state index contributed by atoms with van der Waals surface area (Å²) >= 11 is 0. The summed E-state index contributed by atoms with van der Waals surface area (Å²) in [7, 11) is 5.84. The number of aliphatic hydroxyl groups is 1. The minimum atomic E-state index is -1.08. The zero-order valence-corrected chi connectivity index (χ0v) is 22.7. The van der Waals surface area contributed by atoms with Gasteiger partial charge in [0, 0.05) is 41.8 Å². The maximum atomic E-state index is 11.8. The summed E-state index contributed by atoms with van der Waals surface area (Å²) in [6, 6.07) is -1.83. The second-order valence-corrected chi connectivity index (χ2v) is 13.0. The highest BCUT2D eigenvalue weighted by atomic mass is 33.1. The number of aliphatic hydroxyl groups excluding tert-OH is 1. The zero-order valence-electron chi connectivity index (χ0n) is 19.4. The number of Topliss-reactive ketones (excluding diaryl/α,β-unsaturated/α-hetero) is 1. The normalized spacial score (nSPS) is 15.0. The molecule has 0 aliphatic heterocycles. The molecule has 0 rings (SSSR count). The van der Waals surface area contributed by atoms with Gasteiger partial charge in [-0.25, -0.2) is 4.79 Å². The molecule has 0 aromatic rings. The molecule has 0 aliphatic rings. The lowest BCUT2D eigenvalue weighted by Crippen LogP contribution is -2.43. The summed E-state index contributed by atoms with van der Waals surface area (Å²) in [4.78, 5) is 45.5. The third-order valence-electron chi connectivity index (χ3n) is 4.27. The fourth-order valence-electron chi connectivity index (χ4n) is 2.46. The van der Waals surface area contributed by atoms with Crippen LogP contribution in [0.15, 0.2) is 0 Å². The number of hydrogen-bond acceptors (Lipinski definition) is 10. The monoisotopic (exact) mass is 544 g/mol.